The fourth-order valence-corrected chi connectivity index (χ4v) is 4.26. The zero-order valence-corrected chi connectivity index (χ0v) is 18.5. The van der Waals surface area contributed by atoms with Crippen LogP contribution in [0.25, 0.3) is 21.8 Å². The van der Waals surface area contributed by atoms with Gasteiger partial charge >= 0.3 is 6.01 Å². The van der Waals surface area contributed by atoms with Gasteiger partial charge in [-0.1, -0.05) is 6.07 Å². The molecule has 1 aliphatic rings. The number of aryl methyl sites for hydroxylation is 3. The van der Waals surface area contributed by atoms with E-state index >= 15 is 0 Å². The summed E-state index contributed by atoms with van der Waals surface area (Å²) in [7, 11) is 0. The number of fused-ring (bicyclic) bond motifs is 1. The molecule has 32 heavy (non-hydrogen) atoms. The van der Waals surface area contributed by atoms with E-state index in [1.54, 1.807) is 6.20 Å². The Morgan fingerprint density at radius 3 is 2.69 bits per heavy atom. The molecule has 5 rings (SSSR count). The molecule has 0 radical (unpaired) electrons. The predicted molar refractivity (Wildman–Crippen MR) is 122 cm³/mol. The molecule has 3 aromatic heterocycles. The molecule has 1 aliphatic heterocycles. The highest BCUT2D eigenvalue weighted by Crippen LogP contribution is 2.35. The van der Waals surface area contributed by atoms with E-state index in [2.05, 4.69) is 31.3 Å². The molecule has 0 atom stereocenters. The quantitative estimate of drug-likeness (QED) is 0.408. The Hall–Kier alpha value is -3.63. The molecule has 10 heteroatoms. The topological polar surface area (TPSA) is 96.9 Å². The highest BCUT2D eigenvalue weighted by Gasteiger charge is 2.18. The van der Waals surface area contributed by atoms with Crippen LogP contribution in [0, 0.1) is 26.6 Å². The van der Waals surface area contributed by atoms with E-state index in [0.717, 1.165) is 32.5 Å². The van der Waals surface area contributed by atoms with Gasteiger partial charge in [-0.3, -0.25) is 5.43 Å². The van der Waals surface area contributed by atoms with Crippen LogP contribution in [0.4, 0.5) is 15.8 Å². The van der Waals surface area contributed by atoms with E-state index in [0.29, 0.717) is 28.6 Å². The minimum atomic E-state index is -0.357. The zero-order chi connectivity index (χ0) is 22.2. The Morgan fingerprint density at radius 1 is 1.00 bits per heavy atom. The van der Waals surface area contributed by atoms with Gasteiger partial charge in [0.1, 0.15) is 17.3 Å². The smallest absolute Gasteiger partial charge is 0.316 e. The van der Waals surface area contributed by atoms with E-state index in [4.69, 9.17) is 9.72 Å². The summed E-state index contributed by atoms with van der Waals surface area (Å²) >= 11 is 1.51. The normalized spacial score (nSPS) is 12.2. The van der Waals surface area contributed by atoms with Gasteiger partial charge in [0, 0.05) is 17.5 Å². The maximum Gasteiger partial charge on any atom is 0.316 e. The summed E-state index contributed by atoms with van der Waals surface area (Å²) in [5.41, 5.74) is 14.2. The molecule has 0 spiro atoms. The molecule has 3 N–H and O–H groups in total. The van der Waals surface area contributed by atoms with Crippen molar-refractivity contribution in [1.29, 1.82) is 0 Å². The number of ether oxygens (including phenoxy) is 1. The van der Waals surface area contributed by atoms with Crippen LogP contribution in [0.15, 0.2) is 36.5 Å². The maximum absolute atomic E-state index is 14.4. The summed E-state index contributed by atoms with van der Waals surface area (Å²) in [5, 5.41) is 0.802. The van der Waals surface area contributed by atoms with E-state index < -0.39 is 0 Å². The Balaban J connectivity index is 1.39. The van der Waals surface area contributed by atoms with Crippen molar-refractivity contribution in [2.45, 2.75) is 27.4 Å². The van der Waals surface area contributed by atoms with Gasteiger partial charge in [0.05, 0.1) is 27.6 Å². The first-order valence-electron chi connectivity index (χ1n) is 9.95. The molecule has 0 bridgehead atoms. The van der Waals surface area contributed by atoms with Crippen LogP contribution < -0.4 is 21.1 Å². The van der Waals surface area contributed by atoms with Crippen molar-refractivity contribution in [2.24, 2.45) is 0 Å². The highest BCUT2D eigenvalue weighted by molar-refractivity contribution is 7.15. The molecule has 0 fully saturated rings. The van der Waals surface area contributed by atoms with Crippen molar-refractivity contribution in [3.63, 3.8) is 0 Å². The van der Waals surface area contributed by atoms with Crippen molar-refractivity contribution in [3.05, 3.63) is 64.3 Å². The number of benzene rings is 1. The van der Waals surface area contributed by atoms with Gasteiger partial charge in [-0.2, -0.15) is 0 Å². The molecule has 4 heterocycles. The third-order valence-corrected chi connectivity index (χ3v) is 6.27. The number of halogens is 1. The number of nitrogens with zero attached hydrogens (tertiary/aromatic N) is 4. The summed E-state index contributed by atoms with van der Waals surface area (Å²) in [6, 6.07) is 9.34. The number of pyridine rings is 1. The van der Waals surface area contributed by atoms with Gasteiger partial charge in [0.15, 0.2) is 5.82 Å². The highest BCUT2D eigenvalue weighted by atomic mass is 32.1. The number of rotatable bonds is 5. The second-order valence-corrected chi connectivity index (χ2v) is 8.48. The number of hydrazine groups is 2. The van der Waals surface area contributed by atoms with Crippen LogP contribution in [0.3, 0.4) is 0 Å². The van der Waals surface area contributed by atoms with E-state index in [1.165, 1.54) is 17.4 Å². The molecule has 8 nitrogen and oxygen atoms in total. The van der Waals surface area contributed by atoms with Crippen LogP contribution >= 0.6 is 11.3 Å². The van der Waals surface area contributed by atoms with Gasteiger partial charge < -0.3 is 10.2 Å². The molecule has 162 valence electrons. The molecule has 0 amide bonds. The monoisotopic (exact) mass is 449 g/mol. The van der Waals surface area contributed by atoms with Crippen molar-refractivity contribution in [3.8, 4) is 27.8 Å². The van der Waals surface area contributed by atoms with Gasteiger partial charge in [-0.25, -0.2) is 24.3 Å². The second-order valence-electron chi connectivity index (χ2n) is 7.40. The fourth-order valence-electron chi connectivity index (χ4n) is 3.32. The van der Waals surface area contributed by atoms with Crippen molar-refractivity contribution in [2.75, 3.05) is 10.9 Å². The lowest BCUT2D eigenvalue weighted by Crippen LogP contribution is -2.19. The van der Waals surface area contributed by atoms with Crippen LogP contribution in [-0.4, -0.2) is 19.9 Å². The van der Waals surface area contributed by atoms with Crippen LogP contribution in [0.5, 0.6) is 6.01 Å². The molecular weight excluding hydrogens is 429 g/mol. The third kappa shape index (κ3) is 3.85. The standard InChI is InChI=1S/C22H20FN7OS/c1-11-9-24-22(26-12(11)2)31-10-19-25-13(3)21(32-19)17-6-4-5-16(27-17)14-7-15(23)20-18(8-14)28-30-29-20/h4-9,28-30H,10H2,1-3H3. The van der Waals surface area contributed by atoms with Crippen molar-refractivity contribution in [1.82, 2.24) is 25.5 Å². The Kier molecular flexibility index (Phi) is 5.16. The van der Waals surface area contributed by atoms with Crippen molar-refractivity contribution >= 4 is 22.7 Å². The SMILES string of the molecule is Cc1cnc(OCc2nc(C)c(-c3cccc(-c4cc(F)c5c(c4)NNN5)n3)s2)nc1C. The number of anilines is 2. The Labute approximate surface area is 187 Å². The average Bonchev–Trinajstić information content (AvgIpc) is 3.41. The summed E-state index contributed by atoms with van der Waals surface area (Å²) in [6.07, 6.45) is 1.75. The molecule has 0 saturated carbocycles. The number of thiazole rings is 1. The minimum absolute atomic E-state index is 0.273. The van der Waals surface area contributed by atoms with Gasteiger partial charge in [-0.05, 0) is 50.6 Å². The Morgan fingerprint density at radius 2 is 1.84 bits per heavy atom. The molecular formula is C22H20FN7OS. The summed E-state index contributed by atoms with van der Waals surface area (Å²) in [5.74, 6) is -0.357. The molecule has 4 aromatic rings. The van der Waals surface area contributed by atoms with Crippen LogP contribution in [0.1, 0.15) is 22.0 Å². The van der Waals surface area contributed by atoms with E-state index in [-0.39, 0.29) is 12.4 Å². The second kappa shape index (κ2) is 8.13. The lowest BCUT2D eigenvalue weighted by molar-refractivity contribution is 0.279. The first kappa shape index (κ1) is 20.3. The number of aromatic nitrogens is 4. The van der Waals surface area contributed by atoms with Gasteiger partial charge in [-0.15, -0.1) is 16.9 Å². The third-order valence-electron chi connectivity index (χ3n) is 5.12. The molecule has 0 unspecified atom stereocenters. The minimum Gasteiger partial charge on any atom is -0.456 e. The molecule has 1 aromatic carbocycles. The number of nitrogens with one attached hydrogen (secondary N) is 3. The molecule has 0 saturated heterocycles. The summed E-state index contributed by atoms with van der Waals surface area (Å²) in [4.78, 5) is 18.9. The summed E-state index contributed by atoms with van der Waals surface area (Å²) in [6.45, 7) is 6.09. The number of hydrogen-bond donors (Lipinski definition) is 3. The van der Waals surface area contributed by atoms with Crippen LogP contribution in [-0.2, 0) is 6.61 Å². The average molecular weight is 450 g/mol. The van der Waals surface area contributed by atoms with Crippen molar-refractivity contribution < 1.29 is 9.13 Å². The Bertz CT molecular complexity index is 1320. The maximum atomic E-state index is 14.4. The summed E-state index contributed by atoms with van der Waals surface area (Å²) < 4.78 is 20.1. The largest absolute Gasteiger partial charge is 0.456 e. The van der Waals surface area contributed by atoms with Gasteiger partial charge in [0.2, 0.25) is 0 Å². The predicted octanol–water partition coefficient (Wildman–Crippen LogP) is 4.56. The number of hydrogen-bond acceptors (Lipinski definition) is 9. The van der Waals surface area contributed by atoms with E-state index in [9.17, 15) is 4.39 Å². The lowest BCUT2D eigenvalue weighted by Gasteiger charge is -2.07. The van der Waals surface area contributed by atoms with Gasteiger partial charge in [0.25, 0.3) is 0 Å². The van der Waals surface area contributed by atoms with E-state index in [1.807, 2.05) is 45.0 Å². The fraction of sp³-hybridized carbons (Fsp3) is 0.182. The van der Waals surface area contributed by atoms with Crippen LogP contribution in [0.2, 0.25) is 0 Å². The lowest BCUT2D eigenvalue weighted by atomic mass is 10.1. The molecule has 0 aliphatic carbocycles. The zero-order valence-electron chi connectivity index (χ0n) is 17.7. The first-order chi connectivity index (χ1) is 15.5. The first-order valence-corrected chi connectivity index (χ1v) is 10.8.